The Kier molecular flexibility index (Phi) is 3.55. The molecule has 1 saturated carbocycles. The molecule has 0 spiro atoms. The van der Waals surface area contributed by atoms with E-state index in [-0.39, 0.29) is 12.1 Å². The Bertz CT molecular complexity index is 373. The summed E-state index contributed by atoms with van der Waals surface area (Å²) < 4.78 is 5.99. The van der Waals surface area contributed by atoms with Crippen LogP contribution in [0.4, 0.5) is 0 Å². The third-order valence-electron chi connectivity index (χ3n) is 4.48. The molecule has 2 unspecified atom stereocenters. The molecule has 2 nitrogen and oxygen atoms in total. The lowest BCUT2D eigenvalue weighted by Gasteiger charge is -2.27. The van der Waals surface area contributed by atoms with Gasteiger partial charge in [-0.1, -0.05) is 50.3 Å². The molecule has 0 radical (unpaired) electrons. The average Bonchev–Trinajstić information content (AvgIpc) is 2.84. The van der Waals surface area contributed by atoms with Crippen LogP contribution in [0.15, 0.2) is 24.3 Å². The Balaban J connectivity index is 1.56. The van der Waals surface area contributed by atoms with Crippen molar-refractivity contribution in [3.8, 4) is 5.75 Å². The lowest BCUT2D eigenvalue weighted by molar-refractivity contribution is 0.172. The summed E-state index contributed by atoms with van der Waals surface area (Å²) in [5.74, 6) is 1.88. The van der Waals surface area contributed by atoms with Crippen molar-refractivity contribution in [1.29, 1.82) is 0 Å². The highest BCUT2D eigenvalue weighted by Gasteiger charge is 2.29. The molecular formula is C16H23NO. The fourth-order valence-corrected chi connectivity index (χ4v) is 3.41. The number of hydrogen-bond acceptors (Lipinski definition) is 2. The molecule has 2 N–H and O–H groups in total. The molecule has 18 heavy (non-hydrogen) atoms. The fraction of sp³-hybridized carbons (Fsp3) is 0.625. The summed E-state index contributed by atoms with van der Waals surface area (Å²) in [5, 5.41) is 0. The summed E-state index contributed by atoms with van der Waals surface area (Å²) in [6.07, 6.45) is 9.26. The van der Waals surface area contributed by atoms with E-state index in [4.69, 9.17) is 10.5 Å². The van der Waals surface area contributed by atoms with Crippen LogP contribution in [-0.4, -0.2) is 12.1 Å². The molecule has 3 rings (SSSR count). The molecule has 2 heteroatoms. The van der Waals surface area contributed by atoms with E-state index in [0.29, 0.717) is 0 Å². The van der Waals surface area contributed by atoms with Crippen LogP contribution in [0.25, 0.3) is 0 Å². The minimum Gasteiger partial charge on any atom is -0.488 e. The van der Waals surface area contributed by atoms with Crippen LogP contribution in [0.2, 0.25) is 0 Å². The zero-order chi connectivity index (χ0) is 12.4. The minimum atomic E-state index is 0.195. The van der Waals surface area contributed by atoms with Gasteiger partial charge in [0, 0.05) is 12.5 Å². The highest BCUT2D eigenvalue weighted by Crippen LogP contribution is 2.32. The van der Waals surface area contributed by atoms with E-state index in [2.05, 4.69) is 18.2 Å². The van der Waals surface area contributed by atoms with Crippen molar-refractivity contribution in [3.63, 3.8) is 0 Å². The molecule has 2 aliphatic rings. The molecule has 98 valence electrons. The Labute approximate surface area is 110 Å². The largest absolute Gasteiger partial charge is 0.488 e. The molecular weight excluding hydrogens is 222 g/mol. The van der Waals surface area contributed by atoms with Crippen molar-refractivity contribution in [1.82, 2.24) is 0 Å². The second kappa shape index (κ2) is 5.31. The smallest absolute Gasteiger partial charge is 0.123 e. The van der Waals surface area contributed by atoms with Gasteiger partial charge in [-0.25, -0.2) is 0 Å². The maximum Gasteiger partial charge on any atom is 0.123 e. The summed E-state index contributed by atoms with van der Waals surface area (Å²) in [6.45, 7) is 0. The summed E-state index contributed by atoms with van der Waals surface area (Å²) in [6, 6.07) is 8.52. The summed E-state index contributed by atoms with van der Waals surface area (Å²) in [7, 11) is 0. The van der Waals surface area contributed by atoms with Gasteiger partial charge in [-0.2, -0.15) is 0 Å². The lowest BCUT2D eigenvalue weighted by atomic mass is 9.83. The van der Waals surface area contributed by atoms with E-state index in [1.807, 2.05) is 6.07 Å². The van der Waals surface area contributed by atoms with E-state index in [1.54, 1.807) is 0 Å². The average molecular weight is 245 g/mol. The van der Waals surface area contributed by atoms with Crippen LogP contribution in [0, 0.1) is 5.92 Å². The molecule has 1 aromatic rings. The van der Waals surface area contributed by atoms with Gasteiger partial charge in [0.2, 0.25) is 0 Å². The van der Waals surface area contributed by atoms with Gasteiger partial charge < -0.3 is 10.5 Å². The van der Waals surface area contributed by atoms with E-state index < -0.39 is 0 Å². The molecule has 0 bridgehead atoms. The van der Waals surface area contributed by atoms with E-state index >= 15 is 0 Å². The molecule has 0 aromatic heterocycles. The van der Waals surface area contributed by atoms with Gasteiger partial charge in [0.05, 0.1) is 0 Å². The number of para-hydroxylation sites is 1. The van der Waals surface area contributed by atoms with E-state index in [1.165, 1.54) is 37.7 Å². The minimum absolute atomic E-state index is 0.195. The van der Waals surface area contributed by atoms with Crippen molar-refractivity contribution in [2.24, 2.45) is 11.7 Å². The number of rotatable bonds is 3. The number of benzene rings is 1. The van der Waals surface area contributed by atoms with Crippen molar-refractivity contribution in [2.75, 3.05) is 0 Å². The summed E-state index contributed by atoms with van der Waals surface area (Å²) >= 11 is 0. The molecule has 2 atom stereocenters. The first kappa shape index (κ1) is 12.0. The van der Waals surface area contributed by atoms with E-state index in [9.17, 15) is 0 Å². The molecule has 0 amide bonds. The third-order valence-corrected chi connectivity index (χ3v) is 4.48. The van der Waals surface area contributed by atoms with Crippen molar-refractivity contribution in [3.05, 3.63) is 29.8 Å². The third kappa shape index (κ3) is 2.54. The van der Waals surface area contributed by atoms with Crippen LogP contribution in [0.5, 0.6) is 5.75 Å². The zero-order valence-corrected chi connectivity index (χ0v) is 11.0. The van der Waals surface area contributed by atoms with Crippen LogP contribution < -0.4 is 10.5 Å². The fourth-order valence-electron chi connectivity index (χ4n) is 3.41. The Morgan fingerprint density at radius 3 is 2.72 bits per heavy atom. The highest BCUT2D eigenvalue weighted by molar-refractivity contribution is 5.37. The normalized spacial score (nSPS) is 25.5. The number of nitrogens with two attached hydrogens (primary N) is 1. The molecule has 1 aliphatic carbocycles. The van der Waals surface area contributed by atoms with Crippen LogP contribution in [-0.2, 0) is 6.42 Å². The molecule has 1 heterocycles. The maximum absolute atomic E-state index is 6.36. The maximum atomic E-state index is 6.36. The zero-order valence-electron chi connectivity index (χ0n) is 11.0. The number of ether oxygens (including phenoxy) is 1. The summed E-state index contributed by atoms with van der Waals surface area (Å²) in [5.41, 5.74) is 7.69. The van der Waals surface area contributed by atoms with Crippen molar-refractivity contribution in [2.45, 2.75) is 57.1 Å². The van der Waals surface area contributed by atoms with Crippen molar-refractivity contribution >= 4 is 0 Å². The topological polar surface area (TPSA) is 35.2 Å². The first-order valence-corrected chi connectivity index (χ1v) is 7.33. The first-order chi connectivity index (χ1) is 8.83. The highest BCUT2D eigenvalue weighted by atomic mass is 16.5. The van der Waals surface area contributed by atoms with Gasteiger partial charge in [0.25, 0.3) is 0 Å². The Morgan fingerprint density at radius 1 is 1.17 bits per heavy atom. The quantitative estimate of drug-likeness (QED) is 0.887. The predicted octanol–water partition coefficient (Wildman–Crippen LogP) is 3.29. The first-order valence-electron chi connectivity index (χ1n) is 7.33. The van der Waals surface area contributed by atoms with E-state index in [0.717, 1.165) is 24.5 Å². The van der Waals surface area contributed by atoms with Crippen LogP contribution in [0.3, 0.4) is 0 Å². The SMILES string of the molecule is NC(CC1CCCCC1)C1Cc2ccccc2O1. The Morgan fingerprint density at radius 2 is 1.94 bits per heavy atom. The van der Waals surface area contributed by atoms with Crippen LogP contribution >= 0.6 is 0 Å². The van der Waals surface area contributed by atoms with Gasteiger partial charge in [-0.15, -0.1) is 0 Å². The predicted molar refractivity (Wildman–Crippen MR) is 73.7 cm³/mol. The number of fused-ring (bicyclic) bond motifs is 1. The second-order valence-corrected chi connectivity index (χ2v) is 5.87. The van der Waals surface area contributed by atoms with Gasteiger partial charge in [-0.3, -0.25) is 0 Å². The lowest BCUT2D eigenvalue weighted by Crippen LogP contribution is -2.39. The molecule has 1 aromatic carbocycles. The molecule has 1 aliphatic heterocycles. The monoisotopic (exact) mass is 245 g/mol. The summed E-state index contributed by atoms with van der Waals surface area (Å²) in [4.78, 5) is 0. The Hall–Kier alpha value is -1.02. The second-order valence-electron chi connectivity index (χ2n) is 5.87. The molecule has 0 saturated heterocycles. The standard InChI is InChI=1S/C16H23NO/c17-14(10-12-6-2-1-3-7-12)16-11-13-8-4-5-9-15(13)18-16/h4-5,8-9,12,14,16H,1-3,6-7,10-11,17H2. The van der Waals surface area contributed by atoms with Gasteiger partial charge >= 0.3 is 0 Å². The number of hydrogen-bond donors (Lipinski definition) is 1. The van der Waals surface area contributed by atoms with Crippen LogP contribution in [0.1, 0.15) is 44.1 Å². The van der Waals surface area contributed by atoms with Crippen molar-refractivity contribution < 1.29 is 4.74 Å². The molecule has 1 fully saturated rings. The van der Waals surface area contributed by atoms with Gasteiger partial charge in [0.15, 0.2) is 0 Å². The van der Waals surface area contributed by atoms with Gasteiger partial charge in [0.1, 0.15) is 11.9 Å². The van der Waals surface area contributed by atoms with Gasteiger partial charge in [-0.05, 0) is 24.0 Å².